The normalized spacial score (nSPS) is 15.2. The molecule has 0 aliphatic carbocycles. The molecule has 0 spiro atoms. The fourth-order valence-corrected chi connectivity index (χ4v) is 2.08. The van der Waals surface area contributed by atoms with Gasteiger partial charge in [-0.25, -0.2) is 0 Å². The zero-order valence-electron chi connectivity index (χ0n) is 6.76. The Labute approximate surface area is 75.4 Å². The molecule has 3 heteroatoms. The first-order valence-corrected chi connectivity index (χ1v) is 4.77. The number of carbonyl (C=O) groups is 1. The predicted molar refractivity (Wildman–Crippen MR) is 50.5 cm³/mol. The summed E-state index contributed by atoms with van der Waals surface area (Å²) >= 11 is 1.60. The van der Waals surface area contributed by atoms with Crippen molar-refractivity contribution >= 4 is 23.4 Å². The summed E-state index contributed by atoms with van der Waals surface area (Å²) in [5.74, 6) is 0.632. The first-order chi connectivity index (χ1) is 5.75. The number of rotatable bonds is 0. The van der Waals surface area contributed by atoms with Crippen LogP contribution in [0, 0.1) is 6.92 Å². The summed E-state index contributed by atoms with van der Waals surface area (Å²) in [5.41, 5.74) is 2.18. The first kappa shape index (κ1) is 7.68. The third-order valence-corrected chi connectivity index (χ3v) is 2.83. The third kappa shape index (κ3) is 1.32. The van der Waals surface area contributed by atoms with Crippen LogP contribution in [0.3, 0.4) is 0 Å². The quantitative estimate of drug-likeness (QED) is 0.660. The molecule has 0 saturated carbocycles. The lowest BCUT2D eigenvalue weighted by atomic mass is 10.2. The van der Waals surface area contributed by atoms with Crippen LogP contribution in [0.25, 0.3) is 0 Å². The number of thioether (sulfide) groups is 1. The van der Waals surface area contributed by atoms with Crippen molar-refractivity contribution in [3.8, 4) is 0 Å². The fourth-order valence-electron chi connectivity index (χ4n) is 1.18. The summed E-state index contributed by atoms with van der Waals surface area (Å²) in [6.07, 6.45) is 0. The highest BCUT2D eigenvalue weighted by atomic mass is 32.2. The Bertz CT molecular complexity index is 335. The van der Waals surface area contributed by atoms with Crippen molar-refractivity contribution in [2.24, 2.45) is 0 Å². The summed E-state index contributed by atoms with van der Waals surface area (Å²) in [7, 11) is 0. The van der Waals surface area contributed by atoms with Gasteiger partial charge in [-0.2, -0.15) is 0 Å². The molecule has 1 aliphatic rings. The first-order valence-electron chi connectivity index (χ1n) is 3.79. The Morgan fingerprint density at radius 3 is 3.17 bits per heavy atom. The Morgan fingerprint density at radius 1 is 1.50 bits per heavy atom. The van der Waals surface area contributed by atoms with Crippen LogP contribution < -0.4 is 5.32 Å². The molecule has 0 bridgehead atoms. The molecule has 0 fully saturated rings. The zero-order chi connectivity index (χ0) is 8.55. The van der Waals surface area contributed by atoms with Gasteiger partial charge in [-0.1, -0.05) is 6.07 Å². The summed E-state index contributed by atoms with van der Waals surface area (Å²) in [6.45, 7) is 2.05. The van der Waals surface area contributed by atoms with Gasteiger partial charge in [0, 0.05) is 4.90 Å². The van der Waals surface area contributed by atoms with Gasteiger partial charge in [0.1, 0.15) is 0 Å². The lowest BCUT2D eigenvalue weighted by Gasteiger charge is -2.15. The monoisotopic (exact) mass is 179 g/mol. The molecule has 1 aromatic carbocycles. The maximum Gasteiger partial charge on any atom is 0.234 e. The van der Waals surface area contributed by atoms with Gasteiger partial charge in [0.05, 0.1) is 11.4 Å². The second kappa shape index (κ2) is 2.83. The minimum Gasteiger partial charge on any atom is -0.324 e. The standard InChI is InChI=1S/C9H9NOS/c1-6-2-3-7-8(4-6)12-5-9(11)10-7/h2-4H,5H2,1H3,(H,10,11). The van der Waals surface area contributed by atoms with E-state index in [2.05, 4.69) is 18.3 Å². The number of nitrogens with one attached hydrogen (secondary N) is 1. The summed E-state index contributed by atoms with van der Waals surface area (Å²) in [6, 6.07) is 6.05. The lowest BCUT2D eigenvalue weighted by molar-refractivity contribution is -0.113. The molecule has 0 atom stereocenters. The van der Waals surface area contributed by atoms with Crippen LogP contribution in [-0.2, 0) is 4.79 Å². The second-order valence-corrected chi connectivity index (χ2v) is 3.85. The molecule has 0 aromatic heterocycles. The van der Waals surface area contributed by atoms with Gasteiger partial charge in [0.2, 0.25) is 5.91 Å². The van der Waals surface area contributed by atoms with Crippen LogP contribution in [0.4, 0.5) is 5.69 Å². The molecule has 1 aliphatic heterocycles. The molecular weight excluding hydrogens is 170 g/mol. The van der Waals surface area contributed by atoms with Gasteiger partial charge in [0.15, 0.2) is 0 Å². The van der Waals surface area contributed by atoms with E-state index in [1.54, 1.807) is 11.8 Å². The van der Waals surface area contributed by atoms with Gasteiger partial charge in [0.25, 0.3) is 0 Å². The zero-order valence-corrected chi connectivity index (χ0v) is 7.57. The third-order valence-electron chi connectivity index (χ3n) is 1.77. The molecule has 1 heterocycles. The van der Waals surface area contributed by atoms with Gasteiger partial charge < -0.3 is 5.32 Å². The molecule has 1 amide bonds. The van der Waals surface area contributed by atoms with E-state index in [0.29, 0.717) is 5.75 Å². The number of fused-ring (bicyclic) bond motifs is 1. The van der Waals surface area contributed by atoms with Crippen molar-refractivity contribution in [3.05, 3.63) is 23.8 Å². The van der Waals surface area contributed by atoms with E-state index in [9.17, 15) is 4.79 Å². The van der Waals surface area contributed by atoms with E-state index < -0.39 is 0 Å². The minimum absolute atomic E-state index is 0.0938. The van der Waals surface area contributed by atoms with E-state index in [-0.39, 0.29) is 5.91 Å². The SMILES string of the molecule is Cc1ccc2c(c1)SCC(=O)N2. The molecule has 62 valence electrons. The number of hydrogen-bond acceptors (Lipinski definition) is 2. The maximum absolute atomic E-state index is 11.0. The maximum atomic E-state index is 11.0. The number of benzene rings is 1. The van der Waals surface area contributed by atoms with Gasteiger partial charge in [-0.15, -0.1) is 11.8 Å². The summed E-state index contributed by atoms with van der Waals surface area (Å²) < 4.78 is 0. The minimum atomic E-state index is 0.0938. The van der Waals surface area contributed by atoms with Crippen LogP contribution in [0.15, 0.2) is 23.1 Å². The smallest absolute Gasteiger partial charge is 0.234 e. The number of amides is 1. The number of hydrogen-bond donors (Lipinski definition) is 1. The highest BCUT2D eigenvalue weighted by Crippen LogP contribution is 2.31. The van der Waals surface area contributed by atoms with E-state index >= 15 is 0 Å². The molecular formula is C9H9NOS. The van der Waals surface area contributed by atoms with Crippen LogP contribution in [0.2, 0.25) is 0 Å². The lowest BCUT2D eigenvalue weighted by Crippen LogP contribution is -2.18. The number of aryl methyl sites for hydroxylation is 1. The van der Waals surface area contributed by atoms with Crippen molar-refractivity contribution in [3.63, 3.8) is 0 Å². The average molecular weight is 179 g/mol. The molecule has 0 unspecified atom stereocenters. The Balaban J connectivity index is 2.43. The fraction of sp³-hybridized carbons (Fsp3) is 0.222. The molecule has 2 nitrogen and oxygen atoms in total. The van der Waals surface area contributed by atoms with Crippen LogP contribution in [0.1, 0.15) is 5.56 Å². The molecule has 12 heavy (non-hydrogen) atoms. The van der Waals surface area contributed by atoms with Gasteiger partial charge in [-0.3, -0.25) is 4.79 Å². The highest BCUT2D eigenvalue weighted by molar-refractivity contribution is 8.00. The molecule has 1 N–H and O–H groups in total. The average Bonchev–Trinajstić information content (AvgIpc) is 2.05. The topological polar surface area (TPSA) is 29.1 Å². The molecule has 1 aromatic rings. The van der Waals surface area contributed by atoms with Crippen molar-refractivity contribution < 1.29 is 4.79 Å². The van der Waals surface area contributed by atoms with Gasteiger partial charge >= 0.3 is 0 Å². The van der Waals surface area contributed by atoms with Crippen LogP contribution in [0.5, 0.6) is 0 Å². The molecule has 2 rings (SSSR count). The summed E-state index contributed by atoms with van der Waals surface area (Å²) in [5, 5.41) is 2.83. The van der Waals surface area contributed by atoms with E-state index in [1.165, 1.54) is 10.5 Å². The van der Waals surface area contributed by atoms with Crippen molar-refractivity contribution in [2.45, 2.75) is 11.8 Å². The van der Waals surface area contributed by atoms with Crippen LogP contribution >= 0.6 is 11.8 Å². The van der Waals surface area contributed by atoms with Gasteiger partial charge in [-0.05, 0) is 24.6 Å². The second-order valence-electron chi connectivity index (χ2n) is 2.84. The van der Waals surface area contributed by atoms with Crippen molar-refractivity contribution in [2.75, 3.05) is 11.1 Å². The number of anilines is 1. The summed E-state index contributed by atoms with van der Waals surface area (Å²) in [4.78, 5) is 12.2. The van der Waals surface area contributed by atoms with Crippen molar-refractivity contribution in [1.82, 2.24) is 0 Å². The predicted octanol–water partition coefficient (Wildman–Crippen LogP) is 2.04. The van der Waals surface area contributed by atoms with E-state index in [4.69, 9.17) is 0 Å². The largest absolute Gasteiger partial charge is 0.324 e. The number of carbonyl (C=O) groups excluding carboxylic acids is 1. The Hall–Kier alpha value is -0.960. The Kier molecular flexibility index (Phi) is 1.81. The Morgan fingerprint density at radius 2 is 2.33 bits per heavy atom. The molecule has 0 saturated heterocycles. The highest BCUT2D eigenvalue weighted by Gasteiger charge is 2.14. The van der Waals surface area contributed by atoms with Crippen molar-refractivity contribution in [1.29, 1.82) is 0 Å². The molecule has 0 radical (unpaired) electrons. The van der Waals surface area contributed by atoms with E-state index in [1.807, 2.05) is 12.1 Å². The van der Waals surface area contributed by atoms with Crippen LogP contribution in [-0.4, -0.2) is 11.7 Å². The van der Waals surface area contributed by atoms with E-state index in [0.717, 1.165) is 5.69 Å².